The summed E-state index contributed by atoms with van der Waals surface area (Å²) < 4.78 is 11.2. The van der Waals surface area contributed by atoms with Crippen LogP contribution in [0.4, 0.5) is 4.79 Å². The van der Waals surface area contributed by atoms with Gasteiger partial charge in [-0.2, -0.15) is 0 Å². The number of hydrogen-bond acceptors (Lipinski definition) is 4. The highest BCUT2D eigenvalue weighted by Crippen LogP contribution is 2.33. The van der Waals surface area contributed by atoms with Crippen molar-refractivity contribution in [2.75, 3.05) is 13.2 Å². The highest BCUT2D eigenvalue weighted by atomic mass is 16.5. The molecular weight excluding hydrogens is 332 g/mol. The fourth-order valence-corrected chi connectivity index (χ4v) is 2.67. The molecule has 0 aliphatic carbocycles. The summed E-state index contributed by atoms with van der Waals surface area (Å²) in [5.41, 5.74) is 1.59. The predicted molar refractivity (Wildman–Crippen MR) is 99.7 cm³/mol. The normalized spacial score (nSPS) is 17.0. The van der Waals surface area contributed by atoms with Gasteiger partial charge in [-0.1, -0.05) is 43.7 Å². The van der Waals surface area contributed by atoms with Gasteiger partial charge < -0.3 is 20.1 Å². The van der Waals surface area contributed by atoms with Gasteiger partial charge in [0.15, 0.2) is 0 Å². The van der Waals surface area contributed by atoms with Gasteiger partial charge in [-0.15, -0.1) is 0 Å². The maximum absolute atomic E-state index is 12.6. The van der Waals surface area contributed by atoms with Crippen LogP contribution >= 0.6 is 0 Å². The summed E-state index contributed by atoms with van der Waals surface area (Å²) in [5, 5.41) is 5.45. The maximum atomic E-state index is 12.6. The molecule has 2 N–H and O–H groups in total. The Hall–Kier alpha value is -2.76. The number of hydrogen-bond donors (Lipinski definition) is 2. The number of allylic oxidation sites excluding steroid dienone is 2. The van der Waals surface area contributed by atoms with E-state index in [9.17, 15) is 9.59 Å². The van der Waals surface area contributed by atoms with Crippen molar-refractivity contribution in [3.63, 3.8) is 0 Å². The summed E-state index contributed by atoms with van der Waals surface area (Å²) in [6.45, 7) is 6.40. The Bertz CT molecular complexity index is 710. The van der Waals surface area contributed by atoms with Crippen molar-refractivity contribution in [3.05, 3.63) is 53.3 Å². The number of carbonyl (C=O) groups excluding carboxylic acids is 2. The molecule has 1 aromatic rings. The number of unbranched alkanes of at least 4 members (excludes halogenated alkanes) is 1. The average Bonchev–Trinajstić information content (AvgIpc) is 2.62. The molecule has 2 amide bonds. The van der Waals surface area contributed by atoms with Crippen LogP contribution in [0.1, 0.15) is 45.2 Å². The second-order valence-corrected chi connectivity index (χ2v) is 5.98. The van der Waals surface area contributed by atoms with Crippen LogP contribution in [0.3, 0.4) is 0 Å². The molecule has 0 spiro atoms. The fourth-order valence-electron chi connectivity index (χ4n) is 2.67. The Morgan fingerprint density at radius 2 is 2.08 bits per heavy atom. The molecular formula is C20H26N2O4. The third-order valence-corrected chi connectivity index (χ3v) is 4.02. The van der Waals surface area contributed by atoms with E-state index in [0.717, 1.165) is 18.4 Å². The van der Waals surface area contributed by atoms with E-state index >= 15 is 0 Å². The molecule has 0 aromatic heterocycles. The van der Waals surface area contributed by atoms with E-state index in [4.69, 9.17) is 9.47 Å². The second kappa shape index (κ2) is 9.65. The lowest BCUT2D eigenvalue weighted by Crippen LogP contribution is -2.45. The lowest BCUT2D eigenvalue weighted by Gasteiger charge is -2.29. The Morgan fingerprint density at radius 1 is 1.31 bits per heavy atom. The third kappa shape index (κ3) is 4.88. The first-order chi connectivity index (χ1) is 12.6. The predicted octanol–water partition coefficient (Wildman–Crippen LogP) is 3.61. The van der Waals surface area contributed by atoms with Gasteiger partial charge >= 0.3 is 12.0 Å². The van der Waals surface area contributed by atoms with Gasteiger partial charge in [-0.3, -0.25) is 0 Å². The van der Waals surface area contributed by atoms with Gasteiger partial charge in [-0.05, 0) is 26.3 Å². The van der Waals surface area contributed by atoms with Crippen molar-refractivity contribution in [1.82, 2.24) is 10.6 Å². The van der Waals surface area contributed by atoms with Crippen LogP contribution in [0.5, 0.6) is 5.75 Å². The summed E-state index contributed by atoms with van der Waals surface area (Å²) >= 11 is 0. The molecule has 6 nitrogen and oxygen atoms in total. The summed E-state index contributed by atoms with van der Waals surface area (Å²) in [6, 6.07) is 6.43. The highest BCUT2D eigenvalue weighted by molar-refractivity contribution is 5.95. The van der Waals surface area contributed by atoms with Gasteiger partial charge in [0.05, 0.1) is 18.2 Å². The van der Waals surface area contributed by atoms with E-state index in [-0.39, 0.29) is 12.6 Å². The number of amides is 2. The van der Waals surface area contributed by atoms with E-state index in [2.05, 4.69) is 17.6 Å². The van der Waals surface area contributed by atoms with Crippen molar-refractivity contribution >= 4 is 12.0 Å². The van der Waals surface area contributed by atoms with Gasteiger partial charge in [0, 0.05) is 11.3 Å². The van der Waals surface area contributed by atoms with Gasteiger partial charge in [0.2, 0.25) is 0 Å². The Morgan fingerprint density at radius 3 is 2.81 bits per heavy atom. The van der Waals surface area contributed by atoms with Crippen LogP contribution < -0.4 is 15.4 Å². The molecule has 0 saturated heterocycles. The van der Waals surface area contributed by atoms with Crippen LogP contribution in [0.2, 0.25) is 0 Å². The van der Waals surface area contributed by atoms with Crippen molar-refractivity contribution < 1.29 is 19.1 Å². The molecule has 0 unspecified atom stereocenters. The lowest BCUT2D eigenvalue weighted by molar-refractivity contribution is -0.138. The summed E-state index contributed by atoms with van der Waals surface area (Å²) in [7, 11) is 0. The minimum absolute atomic E-state index is 0.182. The molecule has 0 fully saturated rings. The number of nitrogens with one attached hydrogen (secondary N) is 2. The maximum Gasteiger partial charge on any atom is 0.338 e. The van der Waals surface area contributed by atoms with Crippen molar-refractivity contribution in [1.29, 1.82) is 0 Å². The number of para-hydroxylation sites is 1. The molecule has 26 heavy (non-hydrogen) atoms. The Balaban J connectivity index is 2.34. The number of carbonyl (C=O) groups is 2. The number of rotatable bonds is 8. The van der Waals surface area contributed by atoms with E-state index in [0.29, 0.717) is 23.6 Å². The van der Waals surface area contributed by atoms with Gasteiger partial charge in [-0.25, -0.2) is 9.59 Å². The van der Waals surface area contributed by atoms with Gasteiger partial charge in [0.25, 0.3) is 0 Å². The molecule has 1 aliphatic heterocycles. The van der Waals surface area contributed by atoms with Crippen LogP contribution in [-0.2, 0) is 9.53 Å². The first-order valence-electron chi connectivity index (χ1n) is 8.86. The zero-order valence-corrected chi connectivity index (χ0v) is 15.5. The van der Waals surface area contributed by atoms with Gasteiger partial charge in [0.1, 0.15) is 12.4 Å². The fraction of sp³-hybridized carbons (Fsp3) is 0.400. The van der Waals surface area contributed by atoms with E-state index in [1.54, 1.807) is 13.0 Å². The second-order valence-electron chi connectivity index (χ2n) is 5.98. The minimum atomic E-state index is -0.625. The molecule has 1 aliphatic rings. The Kier molecular flexibility index (Phi) is 7.26. The molecule has 6 heteroatoms. The molecule has 1 aromatic carbocycles. The molecule has 1 atom stereocenters. The molecule has 2 rings (SSSR count). The van der Waals surface area contributed by atoms with E-state index in [1.807, 2.05) is 37.3 Å². The standard InChI is InChI=1S/C20H26N2O4/c1-4-6-12-25-16-11-9-8-10-15(16)18-17(14(3)21-20(24)22-18)19(23)26-13-7-5-2/h5,7-11,18H,4,6,12-13H2,1-3H3,(H2,21,22,24)/b7-5-/t18-/m0/s1. The zero-order valence-electron chi connectivity index (χ0n) is 15.5. The van der Waals surface area contributed by atoms with Crippen LogP contribution in [-0.4, -0.2) is 25.2 Å². The number of urea groups is 1. The zero-order chi connectivity index (χ0) is 18.9. The Labute approximate surface area is 154 Å². The quantitative estimate of drug-likeness (QED) is 0.423. The third-order valence-electron chi connectivity index (χ3n) is 4.02. The van der Waals surface area contributed by atoms with Crippen molar-refractivity contribution in [2.24, 2.45) is 0 Å². The smallest absolute Gasteiger partial charge is 0.338 e. The molecule has 1 heterocycles. The minimum Gasteiger partial charge on any atom is -0.493 e. The molecule has 140 valence electrons. The molecule has 0 bridgehead atoms. The highest BCUT2D eigenvalue weighted by Gasteiger charge is 2.33. The SMILES string of the molecule is C/C=C\COC(=O)C1=C(C)NC(=O)N[C@H]1c1ccccc1OCCCC. The number of benzene rings is 1. The van der Waals surface area contributed by atoms with E-state index in [1.165, 1.54) is 0 Å². The van der Waals surface area contributed by atoms with Crippen LogP contribution in [0.25, 0.3) is 0 Å². The van der Waals surface area contributed by atoms with Crippen LogP contribution in [0, 0.1) is 0 Å². The van der Waals surface area contributed by atoms with Crippen molar-refractivity contribution in [2.45, 2.75) is 39.7 Å². The van der Waals surface area contributed by atoms with Crippen molar-refractivity contribution in [3.8, 4) is 5.75 Å². The monoisotopic (exact) mass is 358 g/mol. The summed E-state index contributed by atoms with van der Waals surface area (Å²) in [6.07, 6.45) is 5.51. The lowest BCUT2D eigenvalue weighted by atomic mass is 9.95. The number of ether oxygens (including phenoxy) is 2. The first kappa shape index (κ1) is 19.6. The first-order valence-corrected chi connectivity index (χ1v) is 8.86. The molecule has 0 saturated carbocycles. The van der Waals surface area contributed by atoms with Crippen LogP contribution in [0.15, 0.2) is 47.7 Å². The number of esters is 1. The average molecular weight is 358 g/mol. The summed E-state index contributed by atoms with van der Waals surface area (Å²) in [4.78, 5) is 24.6. The topological polar surface area (TPSA) is 76.7 Å². The largest absolute Gasteiger partial charge is 0.493 e. The van der Waals surface area contributed by atoms with E-state index < -0.39 is 12.0 Å². The summed E-state index contributed by atoms with van der Waals surface area (Å²) in [5.74, 6) is 0.182. The molecule has 0 radical (unpaired) electrons.